The van der Waals surface area contributed by atoms with Crippen LogP contribution in [0.2, 0.25) is 9.36 Å². The van der Waals surface area contributed by atoms with Gasteiger partial charge in [-0.15, -0.1) is 11.3 Å². The van der Waals surface area contributed by atoms with Gasteiger partial charge in [-0.2, -0.15) is 4.57 Å². The SMILES string of the molecule is O=C(O)C[n+]1c(C=C2Sc3ccc(Cl)cc3N2CCCS(=O)(=O)[O-])sc2sc(Cl)cc21. The van der Waals surface area contributed by atoms with E-state index < -0.39 is 21.8 Å². The first kappa shape index (κ1) is 22.8. The van der Waals surface area contributed by atoms with Crippen LogP contribution in [0.1, 0.15) is 11.4 Å². The Morgan fingerprint density at radius 3 is 2.74 bits per heavy atom. The summed E-state index contributed by atoms with van der Waals surface area (Å²) in [6, 6.07) is 7.17. The molecule has 3 heterocycles. The van der Waals surface area contributed by atoms with Crippen molar-refractivity contribution in [1.82, 2.24) is 0 Å². The molecule has 164 valence electrons. The average Bonchev–Trinajstić information content (AvgIpc) is 3.27. The minimum atomic E-state index is -4.32. The number of hydrogen-bond donors (Lipinski definition) is 1. The second kappa shape index (κ2) is 8.89. The molecule has 0 atom stereocenters. The molecule has 3 aromatic rings. The second-order valence-electron chi connectivity index (χ2n) is 6.61. The van der Waals surface area contributed by atoms with Crippen LogP contribution in [0.3, 0.4) is 0 Å². The van der Waals surface area contributed by atoms with Crippen molar-refractivity contribution in [3.8, 4) is 0 Å². The van der Waals surface area contributed by atoms with Gasteiger partial charge < -0.3 is 14.6 Å². The molecule has 4 rings (SSSR count). The van der Waals surface area contributed by atoms with E-state index >= 15 is 0 Å². The average molecular weight is 537 g/mol. The summed E-state index contributed by atoms with van der Waals surface area (Å²) in [6.45, 7) is 0.0855. The lowest BCUT2D eigenvalue weighted by Crippen LogP contribution is -2.39. The van der Waals surface area contributed by atoms with Crippen molar-refractivity contribution in [2.45, 2.75) is 17.9 Å². The van der Waals surface area contributed by atoms with Crippen molar-refractivity contribution in [3.05, 3.63) is 43.7 Å². The fraction of sp³-hybridized carbons (Fsp3) is 0.222. The number of anilines is 1. The molecule has 1 N–H and O–H groups in total. The number of aromatic nitrogens is 1. The molecule has 0 amide bonds. The highest BCUT2D eigenvalue weighted by molar-refractivity contribution is 8.03. The van der Waals surface area contributed by atoms with Gasteiger partial charge in [0.1, 0.15) is 4.34 Å². The van der Waals surface area contributed by atoms with E-state index in [0.29, 0.717) is 15.9 Å². The normalized spacial score (nSPS) is 15.2. The molecule has 0 unspecified atom stereocenters. The number of carboxylic acids is 1. The molecular formula is C18H14Cl2N2O5S4. The van der Waals surface area contributed by atoms with E-state index in [1.165, 1.54) is 34.4 Å². The Bertz CT molecular complexity index is 1320. The van der Waals surface area contributed by atoms with Gasteiger partial charge in [0.2, 0.25) is 12.1 Å². The Labute approximate surface area is 200 Å². The summed E-state index contributed by atoms with van der Waals surface area (Å²) in [6.07, 6.45) is 2.03. The topological polar surface area (TPSA) is 102 Å². The highest BCUT2D eigenvalue weighted by Gasteiger charge is 2.29. The molecule has 1 aliphatic heterocycles. The monoisotopic (exact) mass is 536 g/mol. The first-order valence-electron chi connectivity index (χ1n) is 8.84. The quantitative estimate of drug-likeness (QED) is 0.350. The van der Waals surface area contributed by atoms with Gasteiger partial charge in [-0.3, -0.25) is 0 Å². The maximum atomic E-state index is 11.4. The van der Waals surface area contributed by atoms with Crippen molar-refractivity contribution in [2.24, 2.45) is 0 Å². The van der Waals surface area contributed by atoms with Gasteiger partial charge >= 0.3 is 5.97 Å². The molecule has 0 bridgehead atoms. The number of carboxylic acid groups (broad SMARTS) is 1. The molecule has 2 aromatic heterocycles. The summed E-state index contributed by atoms with van der Waals surface area (Å²) in [5.74, 6) is -1.44. The summed E-state index contributed by atoms with van der Waals surface area (Å²) in [7, 11) is -4.32. The third-order valence-electron chi connectivity index (χ3n) is 4.41. The molecule has 0 aliphatic carbocycles. The number of halogens is 2. The third kappa shape index (κ3) is 5.19. The van der Waals surface area contributed by atoms with Crippen LogP contribution in [-0.2, 0) is 21.5 Å². The van der Waals surface area contributed by atoms with Gasteiger partial charge in [0, 0.05) is 28.3 Å². The van der Waals surface area contributed by atoms with Crippen LogP contribution >= 0.6 is 57.6 Å². The highest BCUT2D eigenvalue weighted by atomic mass is 35.5. The standard InChI is InChI=1S/C18H14Cl2N2O5S4/c19-10-2-3-13-11(6-10)21(4-1-5-31(25,26)27)15(28-13)8-16-22(9-17(23)24)12-7-14(20)29-18(12)30-16/h2-3,6-8H,1,4-5,9H2,(H-,23,24,25,26,27). The molecule has 0 radical (unpaired) electrons. The molecule has 0 saturated heterocycles. The molecule has 0 fully saturated rings. The Morgan fingerprint density at radius 1 is 1.26 bits per heavy atom. The Kier molecular flexibility index (Phi) is 6.55. The lowest BCUT2D eigenvalue weighted by molar-refractivity contribution is -0.657. The van der Waals surface area contributed by atoms with Crippen LogP contribution in [0.25, 0.3) is 15.6 Å². The zero-order valence-corrected chi connectivity index (χ0v) is 20.4. The van der Waals surface area contributed by atoms with Gasteiger partial charge in [0.05, 0.1) is 26.9 Å². The van der Waals surface area contributed by atoms with E-state index in [2.05, 4.69) is 0 Å². The molecule has 7 nitrogen and oxygen atoms in total. The number of thioether (sulfide) groups is 1. The molecule has 0 saturated carbocycles. The molecule has 31 heavy (non-hydrogen) atoms. The predicted octanol–water partition coefficient (Wildman–Crippen LogP) is 4.49. The minimum absolute atomic E-state index is 0.153. The first-order chi connectivity index (χ1) is 14.6. The van der Waals surface area contributed by atoms with Crippen LogP contribution in [0.15, 0.2) is 34.2 Å². The van der Waals surface area contributed by atoms with Crippen molar-refractivity contribution in [2.75, 3.05) is 17.2 Å². The Hall–Kier alpha value is -1.34. The van der Waals surface area contributed by atoms with Crippen LogP contribution in [0.4, 0.5) is 5.69 Å². The fourth-order valence-corrected chi connectivity index (χ4v) is 7.71. The van der Waals surface area contributed by atoms with E-state index in [0.717, 1.165) is 30.1 Å². The van der Waals surface area contributed by atoms with Crippen LogP contribution in [0.5, 0.6) is 0 Å². The number of aliphatic carboxylic acids is 1. The van der Waals surface area contributed by atoms with E-state index in [1.54, 1.807) is 22.8 Å². The fourth-order valence-electron chi connectivity index (χ4n) is 3.19. The molecule has 1 aliphatic rings. The maximum Gasteiger partial charge on any atom is 0.370 e. The lowest BCUT2D eigenvalue weighted by atomic mass is 10.2. The summed E-state index contributed by atoms with van der Waals surface area (Å²) in [5, 5.41) is 11.4. The van der Waals surface area contributed by atoms with Crippen molar-refractivity contribution >= 4 is 95.0 Å². The van der Waals surface area contributed by atoms with Crippen molar-refractivity contribution in [3.63, 3.8) is 0 Å². The number of thiophene rings is 1. The number of thiazole rings is 1. The van der Waals surface area contributed by atoms with Gasteiger partial charge in [-0.25, -0.2) is 13.2 Å². The summed E-state index contributed by atoms with van der Waals surface area (Å²) in [4.78, 5) is 14.3. The van der Waals surface area contributed by atoms with Crippen LogP contribution < -0.4 is 9.47 Å². The molecular weight excluding hydrogens is 523 g/mol. The highest BCUT2D eigenvalue weighted by Crippen LogP contribution is 2.48. The number of fused-ring (bicyclic) bond motifs is 2. The smallest absolute Gasteiger partial charge is 0.370 e. The van der Waals surface area contributed by atoms with E-state index in [9.17, 15) is 22.9 Å². The first-order valence-corrected chi connectivity index (χ1v) is 13.6. The summed E-state index contributed by atoms with van der Waals surface area (Å²) >= 11 is 16.5. The lowest BCUT2D eigenvalue weighted by Gasteiger charge is -2.20. The van der Waals surface area contributed by atoms with Gasteiger partial charge in [0.25, 0.3) is 5.01 Å². The van der Waals surface area contributed by atoms with E-state index in [4.69, 9.17) is 23.2 Å². The van der Waals surface area contributed by atoms with Crippen molar-refractivity contribution < 1.29 is 27.4 Å². The molecule has 1 aromatic carbocycles. The molecule has 0 spiro atoms. The number of carbonyl (C=O) groups is 1. The van der Waals surface area contributed by atoms with Crippen molar-refractivity contribution in [1.29, 1.82) is 0 Å². The van der Waals surface area contributed by atoms with Crippen LogP contribution in [0, 0.1) is 0 Å². The minimum Gasteiger partial charge on any atom is -0.748 e. The number of rotatable bonds is 7. The summed E-state index contributed by atoms with van der Waals surface area (Å²) < 4.78 is 36.3. The second-order valence-corrected chi connectivity index (χ2v) is 12.6. The number of nitrogens with zero attached hydrogens (tertiary/aromatic N) is 2. The van der Waals surface area contributed by atoms with E-state index in [-0.39, 0.29) is 13.0 Å². The molecule has 13 heteroatoms. The maximum absolute atomic E-state index is 11.4. The van der Waals surface area contributed by atoms with Crippen LogP contribution in [-0.4, -0.2) is 36.3 Å². The third-order valence-corrected chi connectivity index (χ3v) is 9.04. The zero-order valence-electron chi connectivity index (χ0n) is 15.6. The summed E-state index contributed by atoms with van der Waals surface area (Å²) in [5.41, 5.74) is 1.57. The predicted molar refractivity (Wildman–Crippen MR) is 124 cm³/mol. The Balaban J connectivity index is 1.74. The Morgan fingerprint density at radius 2 is 2.03 bits per heavy atom. The van der Waals surface area contributed by atoms with Gasteiger partial charge in [0.15, 0.2) is 4.01 Å². The largest absolute Gasteiger partial charge is 0.748 e. The van der Waals surface area contributed by atoms with E-state index in [1.807, 2.05) is 17.0 Å². The van der Waals surface area contributed by atoms with Gasteiger partial charge in [-0.05, 0) is 24.6 Å². The number of benzene rings is 1. The number of hydrogen-bond acceptors (Lipinski definition) is 8. The zero-order chi connectivity index (χ0) is 22.3. The van der Waals surface area contributed by atoms with Gasteiger partial charge in [-0.1, -0.05) is 46.3 Å².